The van der Waals surface area contributed by atoms with E-state index >= 15 is 0 Å². The maximum Gasteiger partial charge on any atom is 0.140 e. The standard InChI is InChI=1S/C63H44N2O/c1-6-18-45(19-7-1)46-30-38-54(39-31-46)65(55-40-34-48(35-41-55)47-32-36-53(37-33-47)64(51-24-12-4-13-25-51)52-26-14-5-15-27-52)56-42-43-57-59(44-56)63(49-20-8-2-9-21-49,50-22-10-3-11-23-50)61-58-28-16-17-29-60(58)66-62(57)61/h1-44H. The third-order valence-corrected chi connectivity index (χ3v) is 13.1. The van der Waals surface area contributed by atoms with Crippen LogP contribution in [0.15, 0.2) is 271 Å². The van der Waals surface area contributed by atoms with E-state index in [1.165, 1.54) is 33.4 Å². The Bertz CT molecular complexity index is 3340. The van der Waals surface area contributed by atoms with Gasteiger partial charge < -0.3 is 14.2 Å². The summed E-state index contributed by atoms with van der Waals surface area (Å²) in [6.45, 7) is 0. The first kappa shape index (κ1) is 39.0. The predicted octanol–water partition coefficient (Wildman–Crippen LogP) is 17.1. The van der Waals surface area contributed by atoms with Gasteiger partial charge in [0, 0.05) is 50.6 Å². The molecule has 312 valence electrons. The molecule has 10 aromatic carbocycles. The summed E-state index contributed by atoms with van der Waals surface area (Å²) in [6, 6.07) is 95.8. The molecule has 0 saturated heterocycles. The second kappa shape index (κ2) is 16.5. The van der Waals surface area contributed by atoms with Gasteiger partial charge in [0.05, 0.1) is 5.41 Å². The van der Waals surface area contributed by atoms with Crippen molar-refractivity contribution in [3.63, 3.8) is 0 Å². The van der Waals surface area contributed by atoms with Crippen LogP contribution in [0.25, 0.3) is 44.5 Å². The number of hydrogen-bond acceptors (Lipinski definition) is 3. The first-order valence-electron chi connectivity index (χ1n) is 22.6. The number of rotatable bonds is 10. The average molecular weight is 845 g/mol. The van der Waals surface area contributed by atoms with Gasteiger partial charge in [-0.2, -0.15) is 0 Å². The molecule has 1 heterocycles. The topological polar surface area (TPSA) is 19.6 Å². The highest BCUT2D eigenvalue weighted by Gasteiger charge is 2.50. The zero-order chi connectivity index (χ0) is 43.9. The van der Waals surface area contributed by atoms with E-state index in [0.29, 0.717) is 0 Å². The van der Waals surface area contributed by atoms with Crippen molar-refractivity contribution in [3.05, 3.63) is 289 Å². The van der Waals surface area contributed by atoms with Crippen LogP contribution >= 0.6 is 0 Å². The highest BCUT2D eigenvalue weighted by molar-refractivity contribution is 5.98. The molecular formula is C63H44N2O. The van der Waals surface area contributed by atoms with Gasteiger partial charge in [-0.25, -0.2) is 0 Å². The molecule has 0 aliphatic heterocycles. The van der Waals surface area contributed by atoms with Crippen molar-refractivity contribution in [2.75, 3.05) is 9.80 Å². The van der Waals surface area contributed by atoms with E-state index in [1.54, 1.807) is 0 Å². The largest absolute Gasteiger partial charge is 0.456 e. The maximum absolute atomic E-state index is 6.86. The normalized spacial score (nSPS) is 12.4. The molecule has 11 aromatic rings. The Balaban J connectivity index is 0.989. The number of para-hydroxylation sites is 3. The van der Waals surface area contributed by atoms with Crippen LogP contribution in [-0.4, -0.2) is 0 Å². The Morgan fingerprint density at radius 1 is 0.303 bits per heavy atom. The van der Waals surface area contributed by atoms with Crippen molar-refractivity contribution in [2.45, 2.75) is 5.41 Å². The molecule has 1 aliphatic rings. The molecule has 0 saturated carbocycles. The lowest BCUT2D eigenvalue weighted by atomic mass is 9.67. The van der Waals surface area contributed by atoms with Crippen LogP contribution in [0.5, 0.6) is 0 Å². The summed E-state index contributed by atoms with van der Waals surface area (Å²) in [5, 5.41) is 1.13. The fourth-order valence-corrected chi connectivity index (χ4v) is 10.2. The summed E-state index contributed by atoms with van der Waals surface area (Å²) in [5.41, 5.74) is 17.3. The fraction of sp³-hybridized carbons (Fsp3) is 0.0159. The Kier molecular flexibility index (Phi) is 9.73. The second-order valence-corrected chi connectivity index (χ2v) is 16.9. The van der Waals surface area contributed by atoms with Crippen molar-refractivity contribution in [1.29, 1.82) is 0 Å². The number of benzene rings is 10. The molecule has 12 rings (SSSR count). The van der Waals surface area contributed by atoms with Crippen molar-refractivity contribution < 1.29 is 4.42 Å². The van der Waals surface area contributed by atoms with Gasteiger partial charge >= 0.3 is 0 Å². The third-order valence-electron chi connectivity index (χ3n) is 13.1. The van der Waals surface area contributed by atoms with Crippen molar-refractivity contribution >= 4 is 45.1 Å². The first-order valence-corrected chi connectivity index (χ1v) is 22.6. The zero-order valence-corrected chi connectivity index (χ0v) is 36.2. The number of nitrogens with zero attached hydrogens (tertiary/aromatic N) is 2. The van der Waals surface area contributed by atoms with E-state index in [9.17, 15) is 0 Å². The predicted molar refractivity (Wildman–Crippen MR) is 274 cm³/mol. The molecule has 1 aromatic heterocycles. The quantitative estimate of drug-likeness (QED) is 0.137. The molecular weight excluding hydrogens is 801 g/mol. The second-order valence-electron chi connectivity index (χ2n) is 16.9. The van der Waals surface area contributed by atoms with Crippen LogP contribution in [0.4, 0.5) is 34.1 Å². The highest BCUT2D eigenvalue weighted by Crippen LogP contribution is 2.60. The van der Waals surface area contributed by atoms with Crippen LogP contribution in [-0.2, 0) is 5.41 Å². The lowest BCUT2D eigenvalue weighted by Crippen LogP contribution is -2.28. The molecule has 0 unspecified atom stereocenters. The van der Waals surface area contributed by atoms with E-state index in [1.807, 2.05) is 0 Å². The monoisotopic (exact) mass is 844 g/mol. The van der Waals surface area contributed by atoms with Gasteiger partial charge in [-0.15, -0.1) is 0 Å². The van der Waals surface area contributed by atoms with Gasteiger partial charge in [-0.05, 0) is 124 Å². The highest BCUT2D eigenvalue weighted by atomic mass is 16.3. The van der Waals surface area contributed by atoms with Crippen LogP contribution in [0, 0.1) is 0 Å². The molecule has 3 nitrogen and oxygen atoms in total. The Hall–Kier alpha value is -8.66. The molecule has 0 N–H and O–H groups in total. The molecule has 0 radical (unpaired) electrons. The Morgan fingerprint density at radius 2 is 0.667 bits per heavy atom. The lowest BCUT2D eigenvalue weighted by Gasteiger charge is -2.34. The van der Waals surface area contributed by atoms with Crippen molar-refractivity contribution in [1.82, 2.24) is 0 Å². The van der Waals surface area contributed by atoms with E-state index < -0.39 is 5.41 Å². The lowest BCUT2D eigenvalue weighted by molar-refractivity contribution is 0.628. The fourth-order valence-electron chi connectivity index (χ4n) is 10.2. The van der Waals surface area contributed by atoms with Gasteiger partial charge in [0.2, 0.25) is 0 Å². The average Bonchev–Trinajstić information content (AvgIpc) is 3.92. The minimum atomic E-state index is -0.634. The van der Waals surface area contributed by atoms with E-state index in [0.717, 1.165) is 67.5 Å². The molecule has 0 atom stereocenters. The van der Waals surface area contributed by atoms with E-state index in [-0.39, 0.29) is 0 Å². The summed E-state index contributed by atoms with van der Waals surface area (Å²) in [6.07, 6.45) is 0. The van der Waals surface area contributed by atoms with Crippen molar-refractivity contribution in [3.8, 4) is 33.6 Å². The number of furan rings is 1. The van der Waals surface area contributed by atoms with Crippen LogP contribution < -0.4 is 9.80 Å². The maximum atomic E-state index is 6.86. The minimum absolute atomic E-state index is 0.634. The summed E-state index contributed by atoms with van der Waals surface area (Å²) in [4.78, 5) is 4.68. The molecule has 0 fully saturated rings. The summed E-state index contributed by atoms with van der Waals surface area (Å²) in [5.74, 6) is 0.926. The number of hydrogen-bond donors (Lipinski definition) is 0. The Labute approximate surface area is 385 Å². The molecule has 1 aliphatic carbocycles. The van der Waals surface area contributed by atoms with Gasteiger partial charge in [-0.3, -0.25) is 0 Å². The van der Waals surface area contributed by atoms with Gasteiger partial charge in [-0.1, -0.05) is 182 Å². The summed E-state index contributed by atoms with van der Waals surface area (Å²) in [7, 11) is 0. The number of fused-ring (bicyclic) bond motifs is 5. The Morgan fingerprint density at radius 3 is 1.15 bits per heavy atom. The third kappa shape index (κ3) is 6.60. The zero-order valence-electron chi connectivity index (χ0n) is 36.2. The van der Waals surface area contributed by atoms with E-state index in [4.69, 9.17) is 4.42 Å². The van der Waals surface area contributed by atoms with Crippen LogP contribution in [0.2, 0.25) is 0 Å². The minimum Gasteiger partial charge on any atom is -0.456 e. The van der Waals surface area contributed by atoms with Crippen molar-refractivity contribution in [2.24, 2.45) is 0 Å². The molecule has 0 bridgehead atoms. The first-order chi connectivity index (χ1) is 32.7. The van der Waals surface area contributed by atoms with Crippen LogP contribution in [0.1, 0.15) is 22.3 Å². The summed E-state index contributed by atoms with van der Waals surface area (Å²) >= 11 is 0. The van der Waals surface area contributed by atoms with Gasteiger partial charge in [0.25, 0.3) is 0 Å². The molecule has 0 spiro atoms. The molecule has 66 heavy (non-hydrogen) atoms. The van der Waals surface area contributed by atoms with Crippen LogP contribution in [0.3, 0.4) is 0 Å². The smallest absolute Gasteiger partial charge is 0.140 e. The summed E-state index contributed by atoms with van der Waals surface area (Å²) < 4.78 is 6.86. The van der Waals surface area contributed by atoms with Gasteiger partial charge in [0.15, 0.2) is 0 Å². The SMILES string of the molecule is c1ccc(-c2ccc(N(c3ccc(-c4ccc(N(c5ccccc5)c5ccccc5)cc4)cc3)c3ccc4c(c3)C(c3ccccc3)(c3ccccc3)c3c-4oc4ccccc34)cc2)cc1. The van der Waals surface area contributed by atoms with E-state index in [2.05, 4.69) is 277 Å². The molecule has 0 amide bonds. The van der Waals surface area contributed by atoms with Gasteiger partial charge in [0.1, 0.15) is 11.3 Å². The number of anilines is 6. The molecule has 3 heteroatoms.